The average Bonchev–Trinajstić information content (AvgIpc) is 2.55. The molecule has 3 saturated heterocycles. The second-order valence-electron chi connectivity index (χ2n) is 5.65. The molecule has 0 saturated carbocycles. The van der Waals surface area contributed by atoms with Crippen molar-refractivity contribution in [1.29, 1.82) is 0 Å². The van der Waals surface area contributed by atoms with Crippen molar-refractivity contribution in [2.24, 2.45) is 5.92 Å². The standard InChI is InChI=1S/C16H21NO4/c1-19-14-9-12(16(18)20-2)3-4-13(14)21-15-10-17-7-5-11(15)6-8-17/h3-4,9,11,15H,5-8,10H2,1-2H3. The zero-order valence-electron chi connectivity index (χ0n) is 12.5. The Labute approximate surface area is 124 Å². The summed E-state index contributed by atoms with van der Waals surface area (Å²) in [5.74, 6) is 1.53. The second-order valence-corrected chi connectivity index (χ2v) is 5.65. The van der Waals surface area contributed by atoms with Crippen molar-refractivity contribution in [2.45, 2.75) is 18.9 Å². The third-order valence-electron chi connectivity index (χ3n) is 4.46. The maximum Gasteiger partial charge on any atom is 0.337 e. The molecule has 0 N–H and O–H groups in total. The lowest BCUT2D eigenvalue weighted by molar-refractivity contribution is -0.00884. The molecule has 3 heterocycles. The fourth-order valence-electron chi connectivity index (χ4n) is 3.22. The summed E-state index contributed by atoms with van der Waals surface area (Å²) in [5, 5.41) is 0. The summed E-state index contributed by atoms with van der Waals surface area (Å²) in [5.41, 5.74) is 0.468. The number of nitrogens with zero attached hydrogens (tertiary/aromatic N) is 1. The number of ether oxygens (including phenoxy) is 3. The van der Waals surface area contributed by atoms with Gasteiger partial charge < -0.3 is 14.2 Å². The zero-order chi connectivity index (χ0) is 14.8. The van der Waals surface area contributed by atoms with Crippen LogP contribution in [-0.4, -0.2) is 50.8 Å². The van der Waals surface area contributed by atoms with Crippen molar-refractivity contribution in [3.05, 3.63) is 23.8 Å². The van der Waals surface area contributed by atoms with Crippen molar-refractivity contribution in [3.8, 4) is 11.5 Å². The Morgan fingerprint density at radius 1 is 1.19 bits per heavy atom. The highest BCUT2D eigenvalue weighted by Crippen LogP contribution is 2.35. The largest absolute Gasteiger partial charge is 0.493 e. The van der Waals surface area contributed by atoms with Gasteiger partial charge in [0, 0.05) is 6.54 Å². The number of esters is 1. The van der Waals surface area contributed by atoms with Crippen LogP contribution in [0.25, 0.3) is 0 Å². The summed E-state index contributed by atoms with van der Waals surface area (Å²) in [4.78, 5) is 14.0. The van der Waals surface area contributed by atoms with E-state index in [1.165, 1.54) is 33.0 Å². The Kier molecular flexibility index (Phi) is 4.01. The maximum atomic E-state index is 11.6. The molecular weight excluding hydrogens is 270 g/mol. The van der Waals surface area contributed by atoms with Crippen molar-refractivity contribution in [2.75, 3.05) is 33.9 Å². The van der Waals surface area contributed by atoms with Crippen LogP contribution in [-0.2, 0) is 4.74 Å². The van der Waals surface area contributed by atoms with Gasteiger partial charge >= 0.3 is 5.97 Å². The summed E-state index contributed by atoms with van der Waals surface area (Å²) in [6.45, 7) is 3.35. The van der Waals surface area contributed by atoms with E-state index < -0.39 is 0 Å². The lowest BCUT2D eigenvalue weighted by atomic mass is 9.86. The van der Waals surface area contributed by atoms with Gasteiger partial charge in [0.25, 0.3) is 0 Å². The number of fused-ring (bicyclic) bond motifs is 3. The summed E-state index contributed by atoms with van der Waals surface area (Å²) in [7, 11) is 2.95. The lowest BCUT2D eigenvalue weighted by Crippen LogP contribution is -2.52. The van der Waals surface area contributed by atoms with Crippen molar-refractivity contribution >= 4 is 5.97 Å². The number of hydrogen-bond acceptors (Lipinski definition) is 5. The van der Waals surface area contributed by atoms with Crippen molar-refractivity contribution in [1.82, 2.24) is 4.90 Å². The third kappa shape index (κ3) is 2.83. The number of benzene rings is 1. The lowest BCUT2D eigenvalue weighted by Gasteiger charge is -2.44. The highest BCUT2D eigenvalue weighted by molar-refractivity contribution is 5.90. The number of hydrogen-bond donors (Lipinski definition) is 0. The minimum absolute atomic E-state index is 0.213. The Morgan fingerprint density at radius 2 is 1.95 bits per heavy atom. The molecule has 1 atom stereocenters. The van der Waals surface area contributed by atoms with E-state index in [-0.39, 0.29) is 12.1 Å². The van der Waals surface area contributed by atoms with Gasteiger partial charge in [-0.25, -0.2) is 4.79 Å². The maximum absolute atomic E-state index is 11.6. The predicted molar refractivity (Wildman–Crippen MR) is 77.9 cm³/mol. The van der Waals surface area contributed by atoms with E-state index in [0.717, 1.165) is 6.54 Å². The topological polar surface area (TPSA) is 48.0 Å². The van der Waals surface area contributed by atoms with Crippen LogP contribution < -0.4 is 9.47 Å². The molecule has 4 rings (SSSR count). The third-order valence-corrected chi connectivity index (χ3v) is 4.46. The van der Waals surface area contributed by atoms with Crippen LogP contribution in [0.3, 0.4) is 0 Å². The van der Waals surface area contributed by atoms with E-state index >= 15 is 0 Å². The Hall–Kier alpha value is -1.75. The molecule has 0 aliphatic carbocycles. The molecule has 3 aliphatic heterocycles. The van der Waals surface area contributed by atoms with Crippen LogP contribution in [0.15, 0.2) is 18.2 Å². The molecule has 114 valence electrons. The summed E-state index contributed by atoms with van der Waals surface area (Å²) < 4.78 is 16.2. The van der Waals surface area contributed by atoms with Gasteiger partial charge in [-0.3, -0.25) is 4.90 Å². The van der Waals surface area contributed by atoms with Crippen LogP contribution in [0.2, 0.25) is 0 Å². The van der Waals surface area contributed by atoms with Gasteiger partial charge in [0.05, 0.1) is 19.8 Å². The average molecular weight is 291 g/mol. The number of carbonyl (C=O) groups excluding carboxylic acids is 1. The molecule has 0 spiro atoms. The fourth-order valence-corrected chi connectivity index (χ4v) is 3.22. The first-order valence-corrected chi connectivity index (χ1v) is 7.36. The molecule has 3 fully saturated rings. The van der Waals surface area contributed by atoms with Crippen LogP contribution in [0.4, 0.5) is 0 Å². The van der Waals surface area contributed by atoms with Gasteiger partial charge in [-0.15, -0.1) is 0 Å². The van der Waals surface area contributed by atoms with Crippen molar-refractivity contribution < 1.29 is 19.0 Å². The van der Waals surface area contributed by atoms with Gasteiger partial charge in [0.15, 0.2) is 11.5 Å². The number of piperidine rings is 3. The molecule has 1 aromatic rings. The fraction of sp³-hybridized carbons (Fsp3) is 0.562. The van der Waals surface area contributed by atoms with Gasteiger partial charge in [-0.05, 0) is 50.0 Å². The minimum Gasteiger partial charge on any atom is -0.493 e. The number of carbonyl (C=O) groups is 1. The molecule has 2 bridgehead atoms. The summed E-state index contributed by atoms with van der Waals surface area (Å²) >= 11 is 0. The van der Waals surface area contributed by atoms with E-state index in [9.17, 15) is 4.79 Å². The molecule has 21 heavy (non-hydrogen) atoms. The summed E-state index contributed by atoms with van der Waals surface area (Å²) in [6, 6.07) is 5.18. The highest BCUT2D eigenvalue weighted by atomic mass is 16.5. The molecule has 1 unspecified atom stereocenters. The van der Waals surface area contributed by atoms with E-state index in [2.05, 4.69) is 4.90 Å². The monoisotopic (exact) mass is 291 g/mol. The van der Waals surface area contributed by atoms with Gasteiger partial charge in [-0.2, -0.15) is 0 Å². The quantitative estimate of drug-likeness (QED) is 0.794. The van der Waals surface area contributed by atoms with Gasteiger partial charge in [0.1, 0.15) is 6.10 Å². The molecule has 3 aliphatic rings. The Balaban J connectivity index is 1.77. The SMILES string of the molecule is COC(=O)c1ccc(OC2CN3CCC2CC3)c(OC)c1. The first kappa shape index (κ1) is 14.2. The van der Waals surface area contributed by atoms with Crippen LogP contribution in [0.5, 0.6) is 11.5 Å². The van der Waals surface area contributed by atoms with Gasteiger partial charge in [-0.1, -0.05) is 0 Å². The summed E-state index contributed by atoms with van der Waals surface area (Å²) in [6.07, 6.45) is 2.62. The van der Waals surface area contributed by atoms with Crippen molar-refractivity contribution in [3.63, 3.8) is 0 Å². The van der Waals surface area contributed by atoms with E-state index in [1.54, 1.807) is 25.3 Å². The molecule has 5 heteroatoms. The first-order chi connectivity index (χ1) is 10.2. The van der Waals surface area contributed by atoms with Crippen LogP contribution >= 0.6 is 0 Å². The molecule has 1 aromatic carbocycles. The Bertz CT molecular complexity index is 523. The normalized spacial score (nSPS) is 27.2. The number of methoxy groups -OCH3 is 2. The number of rotatable bonds is 4. The molecule has 5 nitrogen and oxygen atoms in total. The first-order valence-electron chi connectivity index (χ1n) is 7.36. The smallest absolute Gasteiger partial charge is 0.337 e. The van der Waals surface area contributed by atoms with Crippen LogP contribution in [0.1, 0.15) is 23.2 Å². The molecule has 0 radical (unpaired) electrons. The minimum atomic E-state index is -0.373. The highest BCUT2D eigenvalue weighted by Gasteiger charge is 2.35. The van der Waals surface area contributed by atoms with Crippen LogP contribution in [0, 0.1) is 5.92 Å². The second kappa shape index (κ2) is 5.93. The van der Waals surface area contributed by atoms with E-state index in [0.29, 0.717) is 23.0 Å². The Morgan fingerprint density at radius 3 is 2.52 bits per heavy atom. The molecule has 0 aromatic heterocycles. The van der Waals surface area contributed by atoms with Gasteiger partial charge in [0.2, 0.25) is 0 Å². The van der Waals surface area contributed by atoms with E-state index in [1.807, 2.05) is 0 Å². The zero-order valence-corrected chi connectivity index (χ0v) is 12.5. The predicted octanol–water partition coefficient (Wildman–Crippen LogP) is 1.95. The van der Waals surface area contributed by atoms with E-state index in [4.69, 9.17) is 14.2 Å². The molecule has 0 amide bonds. The molecular formula is C16H21NO4.